The summed E-state index contributed by atoms with van der Waals surface area (Å²) in [5, 5.41) is 11.0. The third-order valence-electron chi connectivity index (χ3n) is 2.48. The fourth-order valence-corrected chi connectivity index (χ4v) is 2.57. The molecular weight excluding hydrogens is 220 g/mol. The van der Waals surface area contributed by atoms with Gasteiger partial charge in [0.1, 0.15) is 0 Å². The Morgan fingerprint density at radius 2 is 2.00 bits per heavy atom. The van der Waals surface area contributed by atoms with E-state index in [1.165, 1.54) is 5.56 Å². The third kappa shape index (κ3) is 1.99. The summed E-state index contributed by atoms with van der Waals surface area (Å²) in [5.74, 6) is -0.880. The number of aryl methyl sites for hydroxylation is 2. The van der Waals surface area contributed by atoms with Crippen molar-refractivity contribution >= 4 is 17.3 Å². The average Bonchev–Trinajstić information content (AvgIpc) is 2.65. The number of carboxylic acids is 1. The van der Waals surface area contributed by atoms with Gasteiger partial charge in [0.05, 0.1) is 5.56 Å². The van der Waals surface area contributed by atoms with Gasteiger partial charge in [-0.2, -0.15) is 0 Å². The van der Waals surface area contributed by atoms with E-state index in [0.717, 1.165) is 16.0 Å². The summed E-state index contributed by atoms with van der Waals surface area (Å²) in [6.07, 6.45) is 0. The molecule has 0 radical (unpaired) electrons. The summed E-state index contributed by atoms with van der Waals surface area (Å²) in [7, 11) is 0. The van der Waals surface area contributed by atoms with Crippen molar-refractivity contribution in [2.24, 2.45) is 0 Å². The van der Waals surface area contributed by atoms with Gasteiger partial charge < -0.3 is 5.11 Å². The fraction of sp³-hybridized carbons (Fsp3) is 0.154. The van der Waals surface area contributed by atoms with E-state index in [2.05, 4.69) is 11.4 Å². The molecule has 1 N–H and O–H groups in total. The lowest BCUT2D eigenvalue weighted by Gasteiger charge is -2.04. The zero-order valence-corrected chi connectivity index (χ0v) is 9.97. The second-order valence-electron chi connectivity index (χ2n) is 3.82. The van der Waals surface area contributed by atoms with Crippen molar-refractivity contribution in [2.45, 2.75) is 13.8 Å². The Morgan fingerprint density at radius 1 is 1.25 bits per heavy atom. The van der Waals surface area contributed by atoms with Gasteiger partial charge in [-0.05, 0) is 54.1 Å². The van der Waals surface area contributed by atoms with Gasteiger partial charge in [-0.1, -0.05) is 6.07 Å². The Bertz CT molecular complexity index is 541. The molecule has 0 amide bonds. The number of hydrogen-bond donors (Lipinski definition) is 1. The van der Waals surface area contributed by atoms with Crippen LogP contribution in [-0.2, 0) is 0 Å². The van der Waals surface area contributed by atoms with Crippen LogP contribution in [0.1, 0.15) is 21.5 Å². The molecule has 82 valence electrons. The van der Waals surface area contributed by atoms with Crippen molar-refractivity contribution < 1.29 is 9.90 Å². The van der Waals surface area contributed by atoms with E-state index < -0.39 is 5.97 Å². The molecule has 0 spiro atoms. The van der Waals surface area contributed by atoms with Crippen LogP contribution in [0.5, 0.6) is 0 Å². The molecule has 0 aliphatic rings. The number of thiophene rings is 1. The molecule has 2 rings (SSSR count). The van der Waals surface area contributed by atoms with Crippen molar-refractivity contribution in [3.05, 3.63) is 46.3 Å². The summed E-state index contributed by atoms with van der Waals surface area (Å²) >= 11 is 1.64. The van der Waals surface area contributed by atoms with E-state index in [4.69, 9.17) is 5.11 Å². The van der Waals surface area contributed by atoms with E-state index >= 15 is 0 Å². The van der Waals surface area contributed by atoms with E-state index in [1.54, 1.807) is 23.5 Å². The molecular formula is C13H12O2S. The zero-order chi connectivity index (χ0) is 11.7. The van der Waals surface area contributed by atoms with Gasteiger partial charge in [0, 0.05) is 4.88 Å². The molecule has 2 nitrogen and oxygen atoms in total. The van der Waals surface area contributed by atoms with Crippen molar-refractivity contribution in [3.8, 4) is 10.4 Å². The third-order valence-corrected chi connectivity index (χ3v) is 3.56. The normalized spacial score (nSPS) is 10.4. The number of rotatable bonds is 2. The number of hydrogen-bond acceptors (Lipinski definition) is 2. The highest BCUT2D eigenvalue weighted by molar-refractivity contribution is 7.13. The Kier molecular flexibility index (Phi) is 2.79. The molecule has 0 aliphatic carbocycles. The summed E-state index contributed by atoms with van der Waals surface area (Å²) in [5.41, 5.74) is 3.66. The van der Waals surface area contributed by atoms with Crippen LogP contribution in [0.4, 0.5) is 0 Å². The maximum absolute atomic E-state index is 10.9. The van der Waals surface area contributed by atoms with Gasteiger partial charge >= 0.3 is 5.97 Å². The molecule has 16 heavy (non-hydrogen) atoms. The van der Waals surface area contributed by atoms with Crippen molar-refractivity contribution in [1.82, 2.24) is 0 Å². The number of aromatic carboxylic acids is 1. The van der Waals surface area contributed by atoms with Gasteiger partial charge in [0.2, 0.25) is 0 Å². The summed E-state index contributed by atoms with van der Waals surface area (Å²) in [4.78, 5) is 12.0. The van der Waals surface area contributed by atoms with Crippen LogP contribution in [0.25, 0.3) is 10.4 Å². The van der Waals surface area contributed by atoms with Gasteiger partial charge in [-0.3, -0.25) is 0 Å². The molecule has 0 bridgehead atoms. The van der Waals surface area contributed by atoms with Crippen LogP contribution in [-0.4, -0.2) is 11.1 Å². The van der Waals surface area contributed by atoms with Crippen LogP contribution < -0.4 is 0 Å². The number of benzene rings is 1. The molecule has 0 saturated heterocycles. The van der Waals surface area contributed by atoms with Crippen LogP contribution in [0, 0.1) is 13.8 Å². The largest absolute Gasteiger partial charge is 0.478 e. The first kappa shape index (κ1) is 10.9. The van der Waals surface area contributed by atoms with Crippen LogP contribution in [0.15, 0.2) is 29.6 Å². The summed E-state index contributed by atoms with van der Waals surface area (Å²) in [6.45, 7) is 4.03. The maximum atomic E-state index is 10.9. The Hall–Kier alpha value is -1.61. The fourth-order valence-electron chi connectivity index (χ4n) is 1.59. The highest BCUT2D eigenvalue weighted by Crippen LogP contribution is 2.30. The van der Waals surface area contributed by atoms with E-state index in [0.29, 0.717) is 5.56 Å². The van der Waals surface area contributed by atoms with Gasteiger partial charge in [-0.25, -0.2) is 4.79 Å². The topological polar surface area (TPSA) is 37.3 Å². The second kappa shape index (κ2) is 4.10. The molecule has 0 fully saturated rings. The predicted octanol–water partition coefficient (Wildman–Crippen LogP) is 3.73. The molecule has 1 heterocycles. The first-order chi connectivity index (χ1) is 7.58. The van der Waals surface area contributed by atoms with E-state index in [9.17, 15) is 4.79 Å². The van der Waals surface area contributed by atoms with Crippen LogP contribution in [0.3, 0.4) is 0 Å². The highest BCUT2D eigenvalue weighted by Gasteiger charge is 2.09. The van der Waals surface area contributed by atoms with E-state index in [-0.39, 0.29) is 0 Å². The smallest absolute Gasteiger partial charge is 0.335 e. The molecule has 3 heteroatoms. The van der Waals surface area contributed by atoms with Crippen molar-refractivity contribution in [3.63, 3.8) is 0 Å². The van der Waals surface area contributed by atoms with Crippen molar-refractivity contribution in [2.75, 3.05) is 0 Å². The SMILES string of the molecule is Cc1csc(-c2cc(C(=O)O)ccc2C)c1. The Morgan fingerprint density at radius 3 is 2.56 bits per heavy atom. The van der Waals surface area contributed by atoms with Gasteiger partial charge in [0.25, 0.3) is 0 Å². The van der Waals surface area contributed by atoms with Crippen LogP contribution >= 0.6 is 11.3 Å². The first-order valence-electron chi connectivity index (χ1n) is 4.97. The Labute approximate surface area is 98.2 Å². The summed E-state index contributed by atoms with van der Waals surface area (Å²) in [6, 6.07) is 7.32. The van der Waals surface area contributed by atoms with Crippen molar-refractivity contribution in [1.29, 1.82) is 0 Å². The van der Waals surface area contributed by atoms with Gasteiger partial charge in [-0.15, -0.1) is 11.3 Å². The molecule has 0 unspecified atom stereocenters. The number of carboxylic acid groups (broad SMARTS) is 1. The minimum Gasteiger partial charge on any atom is -0.478 e. The average molecular weight is 232 g/mol. The molecule has 1 aromatic carbocycles. The minimum atomic E-state index is -0.880. The quantitative estimate of drug-likeness (QED) is 0.856. The lowest BCUT2D eigenvalue weighted by atomic mass is 10.0. The first-order valence-corrected chi connectivity index (χ1v) is 5.85. The molecule has 2 aromatic rings. The van der Waals surface area contributed by atoms with Crippen LogP contribution in [0.2, 0.25) is 0 Å². The monoisotopic (exact) mass is 232 g/mol. The lowest BCUT2D eigenvalue weighted by Crippen LogP contribution is -1.96. The highest BCUT2D eigenvalue weighted by atomic mass is 32.1. The standard InChI is InChI=1S/C13H12O2S/c1-8-5-12(16-7-8)11-6-10(13(14)15)4-3-9(11)2/h3-7H,1-2H3,(H,14,15). The molecule has 0 aliphatic heterocycles. The lowest BCUT2D eigenvalue weighted by molar-refractivity contribution is 0.0697. The maximum Gasteiger partial charge on any atom is 0.335 e. The zero-order valence-electron chi connectivity index (χ0n) is 9.15. The number of carbonyl (C=O) groups is 1. The molecule has 1 aromatic heterocycles. The minimum absolute atomic E-state index is 0.339. The Balaban J connectivity index is 2.55. The summed E-state index contributed by atoms with van der Waals surface area (Å²) < 4.78 is 0. The second-order valence-corrected chi connectivity index (χ2v) is 4.73. The van der Waals surface area contributed by atoms with E-state index in [1.807, 2.05) is 19.9 Å². The predicted molar refractivity (Wildman–Crippen MR) is 66.2 cm³/mol. The molecule has 0 atom stereocenters. The van der Waals surface area contributed by atoms with Gasteiger partial charge in [0.15, 0.2) is 0 Å². The molecule has 0 saturated carbocycles.